The van der Waals surface area contributed by atoms with E-state index in [2.05, 4.69) is 5.32 Å². The predicted molar refractivity (Wildman–Crippen MR) is 81.9 cm³/mol. The number of rotatable bonds is 8. The highest BCUT2D eigenvalue weighted by Crippen LogP contribution is 2.08. The second-order valence-corrected chi connectivity index (χ2v) is 5.12. The van der Waals surface area contributed by atoms with Gasteiger partial charge in [-0.2, -0.15) is 0 Å². The van der Waals surface area contributed by atoms with Gasteiger partial charge in [0.1, 0.15) is 0 Å². The van der Waals surface area contributed by atoms with E-state index in [4.69, 9.17) is 5.11 Å². The zero-order valence-corrected chi connectivity index (χ0v) is 12.8. The van der Waals surface area contributed by atoms with Crippen molar-refractivity contribution in [2.24, 2.45) is 0 Å². The minimum atomic E-state index is -0.0715. The molecule has 2 amide bonds. The molecule has 116 valence electrons. The summed E-state index contributed by atoms with van der Waals surface area (Å²) in [6.45, 7) is 2.84. The van der Waals surface area contributed by atoms with E-state index in [9.17, 15) is 9.59 Å². The Morgan fingerprint density at radius 1 is 1.14 bits per heavy atom. The number of aliphatic hydroxyl groups is 1. The molecule has 21 heavy (non-hydrogen) atoms. The van der Waals surface area contributed by atoms with Gasteiger partial charge >= 0.3 is 0 Å². The Balaban J connectivity index is 2.48. The molecule has 0 spiro atoms. The average molecular weight is 292 g/mol. The van der Waals surface area contributed by atoms with Gasteiger partial charge in [-0.15, -0.1) is 0 Å². The van der Waals surface area contributed by atoms with E-state index in [0.29, 0.717) is 18.7 Å². The summed E-state index contributed by atoms with van der Waals surface area (Å²) in [6, 6.07) is 7.26. The molecule has 0 saturated heterocycles. The fraction of sp³-hybridized carbons (Fsp3) is 0.500. The van der Waals surface area contributed by atoms with E-state index in [-0.39, 0.29) is 18.4 Å². The van der Waals surface area contributed by atoms with Gasteiger partial charge in [0.25, 0.3) is 5.91 Å². The number of nitrogens with zero attached hydrogens (tertiary/aromatic N) is 1. The van der Waals surface area contributed by atoms with Crippen LogP contribution in [0.25, 0.3) is 0 Å². The number of hydrogen-bond donors (Lipinski definition) is 2. The van der Waals surface area contributed by atoms with Gasteiger partial charge in [0.2, 0.25) is 5.91 Å². The zero-order chi connectivity index (χ0) is 15.7. The number of benzene rings is 1. The Kier molecular flexibility index (Phi) is 7.46. The van der Waals surface area contributed by atoms with Crippen LogP contribution in [0.3, 0.4) is 0 Å². The standard InChI is InChI=1S/C16H24N2O3/c1-13(20)17-12-14-6-8-15(9-7-14)16(21)18(2)10-4-3-5-11-19/h6-9,19H,3-5,10-12H2,1-2H3,(H,17,20). The van der Waals surface area contributed by atoms with Crippen molar-refractivity contribution in [1.82, 2.24) is 10.2 Å². The van der Waals surface area contributed by atoms with E-state index in [1.54, 1.807) is 24.1 Å². The third kappa shape index (κ3) is 6.40. The molecule has 1 aromatic carbocycles. The molecule has 0 aliphatic heterocycles. The molecule has 0 heterocycles. The molecule has 1 aromatic rings. The smallest absolute Gasteiger partial charge is 0.253 e. The molecule has 0 aromatic heterocycles. The van der Waals surface area contributed by atoms with Crippen molar-refractivity contribution < 1.29 is 14.7 Å². The van der Waals surface area contributed by atoms with E-state index >= 15 is 0 Å². The van der Waals surface area contributed by atoms with Crippen molar-refractivity contribution >= 4 is 11.8 Å². The van der Waals surface area contributed by atoms with Crippen LogP contribution in [0.2, 0.25) is 0 Å². The topological polar surface area (TPSA) is 69.6 Å². The minimum absolute atomic E-state index is 0.00919. The van der Waals surface area contributed by atoms with Gasteiger partial charge in [0, 0.05) is 39.2 Å². The number of carbonyl (C=O) groups excluding carboxylic acids is 2. The third-order valence-electron chi connectivity index (χ3n) is 3.24. The van der Waals surface area contributed by atoms with Gasteiger partial charge in [-0.3, -0.25) is 9.59 Å². The molecule has 0 bridgehead atoms. The van der Waals surface area contributed by atoms with E-state index in [1.807, 2.05) is 12.1 Å². The van der Waals surface area contributed by atoms with Crippen LogP contribution in [0.4, 0.5) is 0 Å². The summed E-state index contributed by atoms with van der Waals surface area (Å²) in [7, 11) is 1.78. The maximum atomic E-state index is 12.2. The first-order chi connectivity index (χ1) is 10.0. The monoisotopic (exact) mass is 292 g/mol. The van der Waals surface area contributed by atoms with Gasteiger partial charge in [-0.1, -0.05) is 12.1 Å². The number of amides is 2. The maximum absolute atomic E-state index is 12.2. The molecule has 0 atom stereocenters. The van der Waals surface area contributed by atoms with Crippen LogP contribution in [-0.2, 0) is 11.3 Å². The second kappa shape index (κ2) is 9.13. The summed E-state index contributed by atoms with van der Waals surface area (Å²) in [6.07, 6.45) is 2.59. The Bertz CT molecular complexity index is 457. The Morgan fingerprint density at radius 3 is 2.38 bits per heavy atom. The molecule has 5 nitrogen and oxygen atoms in total. The van der Waals surface area contributed by atoms with Crippen molar-refractivity contribution in [3.8, 4) is 0 Å². The summed E-state index contributed by atoms with van der Waals surface area (Å²) in [5, 5.41) is 11.4. The number of carbonyl (C=O) groups is 2. The number of unbranched alkanes of at least 4 members (excludes halogenated alkanes) is 2. The Hall–Kier alpha value is -1.88. The van der Waals surface area contributed by atoms with Crippen LogP contribution in [-0.4, -0.2) is 42.0 Å². The first kappa shape index (κ1) is 17.2. The molecule has 0 aliphatic rings. The van der Waals surface area contributed by atoms with Crippen LogP contribution < -0.4 is 5.32 Å². The number of hydrogen-bond acceptors (Lipinski definition) is 3. The molecule has 1 rings (SSSR count). The van der Waals surface area contributed by atoms with Crippen LogP contribution in [0.1, 0.15) is 42.1 Å². The van der Waals surface area contributed by atoms with Gasteiger partial charge in [0.15, 0.2) is 0 Å². The first-order valence-electron chi connectivity index (χ1n) is 7.24. The third-order valence-corrected chi connectivity index (χ3v) is 3.24. The van der Waals surface area contributed by atoms with Crippen molar-refractivity contribution in [2.45, 2.75) is 32.7 Å². The molecule has 0 fully saturated rings. The highest BCUT2D eigenvalue weighted by Gasteiger charge is 2.10. The summed E-state index contributed by atoms with van der Waals surface area (Å²) >= 11 is 0. The van der Waals surface area contributed by atoms with E-state index in [0.717, 1.165) is 24.8 Å². The quantitative estimate of drug-likeness (QED) is 0.714. The second-order valence-electron chi connectivity index (χ2n) is 5.12. The Labute approximate surface area is 126 Å². The van der Waals surface area contributed by atoms with Crippen LogP contribution in [0, 0.1) is 0 Å². The van der Waals surface area contributed by atoms with E-state index < -0.39 is 0 Å². The van der Waals surface area contributed by atoms with Gasteiger partial charge in [0.05, 0.1) is 0 Å². The molecular formula is C16H24N2O3. The normalized spacial score (nSPS) is 10.2. The summed E-state index contributed by atoms with van der Waals surface area (Å²) in [5.74, 6) is -0.0807. The van der Waals surface area contributed by atoms with Crippen LogP contribution >= 0.6 is 0 Å². The highest BCUT2D eigenvalue weighted by molar-refractivity contribution is 5.94. The Morgan fingerprint density at radius 2 is 1.81 bits per heavy atom. The lowest BCUT2D eigenvalue weighted by Crippen LogP contribution is -2.27. The lowest BCUT2D eigenvalue weighted by molar-refractivity contribution is -0.119. The van der Waals surface area contributed by atoms with Gasteiger partial charge < -0.3 is 15.3 Å². The number of nitrogens with one attached hydrogen (secondary N) is 1. The molecule has 5 heteroatoms. The highest BCUT2D eigenvalue weighted by atomic mass is 16.3. The molecule has 0 saturated carbocycles. The van der Waals surface area contributed by atoms with Crippen molar-refractivity contribution in [2.75, 3.05) is 20.2 Å². The fourth-order valence-corrected chi connectivity index (χ4v) is 1.95. The van der Waals surface area contributed by atoms with Crippen LogP contribution in [0.15, 0.2) is 24.3 Å². The summed E-state index contributed by atoms with van der Waals surface area (Å²) < 4.78 is 0. The predicted octanol–water partition coefficient (Wildman–Crippen LogP) is 1.56. The van der Waals surface area contributed by atoms with Gasteiger partial charge in [-0.25, -0.2) is 0 Å². The summed E-state index contributed by atoms with van der Waals surface area (Å²) in [5.41, 5.74) is 1.61. The maximum Gasteiger partial charge on any atom is 0.253 e. The van der Waals surface area contributed by atoms with Crippen molar-refractivity contribution in [3.63, 3.8) is 0 Å². The SMILES string of the molecule is CC(=O)NCc1ccc(C(=O)N(C)CCCCCO)cc1. The number of aliphatic hydroxyl groups excluding tert-OH is 1. The lowest BCUT2D eigenvalue weighted by Gasteiger charge is -2.17. The zero-order valence-electron chi connectivity index (χ0n) is 12.8. The molecule has 0 unspecified atom stereocenters. The molecule has 0 aliphatic carbocycles. The van der Waals surface area contributed by atoms with Crippen molar-refractivity contribution in [3.05, 3.63) is 35.4 Å². The summed E-state index contributed by atoms with van der Waals surface area (Å²) in [4.78, 5) is 24.7. The largest absolute Gasteiger partial charge is 0.396 e. The fourth-order valence-electron chi connectivity index (χ4n) is 1.95. The molecular weight excluding hydrogens is 268 g/mol. The minimum Gasteiger partial charge on any atom is -0.396 e. The van der Waals surface area contributed by atoms with Gasteiger partial charge in [-0.05, 0) is 37.0 Å². The molecule has 2 N–H and O–H groups in total. The molecule has 0 radical (unpaired) electrons. The lowest BCUT2D eigenvalue weighted by atomic mass is 10.1. The van der Waals surface area contributed by atoms with E-state index in [1.165, 1.54) is 6.92 Å². The average Bonchev–Trinajstić information content (AvgIpc) is 2.49. The van der Waals surface area contributed by atoms with Crippen molar-refractivity contribution in [1.29, 1.82) is 0 Å². The van der Waals surface area contributed by atoms with Crippen LogP contribution in [0.5, 0.6) is 0 Å². The first-order valence-corrected chi connectivity index (χ1v) is 7.24.